The topological polar surface area (TPSA) is 325 Å². The molecule has 27 nitrogen and oxygen atoms in total. The predicted molar refractivity (Wildman–Crippen MR) is 427 cm³/mol. The number of nitrogens with zero attached hydrogens (tertiary/aromatic N) is 15. The lowest BCUT2D eigenvalue weighted by Crippen LogP contribution is -2.47. The Morgan fingerprint density at radius 2 is 0.789 bits per heavy atom. The molecule has 0 unspecified atom stereocenters. The van der Waals surface area contributed by atoms with Gasteiger partial charge < -0.3 is 47.2 Å². The van der Waals surface area contributed by atoms with Gasteiger partial charge in [0.25, 0.3) is 0 Å². The molecule has 9 N–H and O–H groups in total. The Balaban J connectivity index is 0.000000354. The van der Waals surface area contributed by atoms with Crippen LogP contribution in [0.2, 0.25) is 0 Å². The van der Waals surface area contributed by atoms with Crippen LogP contribution in [0.25, 0.3) is 34.2 Å². The molecular weight excluding hydrogens is 1460 g/mol. The van der Waals surface area contributed by atoms with Gasteiger partial charge in [-0.2, -0.15) is 0 Å². The third-order valence-electron chi connectivity index (χ3n) is 19.8. The van der Waals surface area contributed by atoms with Crippen LogP contribution in [-0.2, 0) is 46.8 Å². The normalized spacial score (nSPS) is 17.9. The number of nitrogens with one attached hydrogen (secondary N) is 6. The zero-order valence-electron chi connectivity index (χ0n) is 63.0. The summed E-state index contributed by atoms with van der Waals surface area (Å²) in [6.45, 7) is 14.4. The summed E-state index contributed by atoms with van der Waals surface area (Å²) in [5.74, 6) is 2.34. The van der Waals surface area contributed by atoms with Crippen molar-refractivity contribution in [1.29, 1.82) is 0 Å². The van der Waals surface area contributed by atoms with Gasteiger partial charge in [-0.25, -0.2) is 41.6 Å². The molecule has 9 atom stereocenters. The fourth-order valence-electron chi connectivity index (χ4n) is 14.5. The van der Waals surface area contributed by atoms with Gasteiger partial charge in [-0.05, 0) is 260 Å². The number of halogens is 4. The van der Waals surface area contributed by atoms with E-state index in [0.29, 0.717) is 71.6 Å². The highest BCUT2D eigenvalue weighted by molar-refractivity contribution is 9.10. The van der Waals surface area contributed by atoms with Gasteiger partial charge in [-0.3, -0.25) is 14.7 Å². The smallest absolute Gasteiger partial charge is 0.319 e. The van der Waals surface area contributed by atoms with Crippen molar-refractivity contribution in [3.05, 3.63) is 177 Å². The molecule has 0 spiro atoms. The summed E-state index contributed by atoms with van der Waals surface area (Å²) < 4.78 is 45.1. The molecule has 3 aromatic heterocycles. The molecule has 6 amide bonds. The molecular formula is C78H113BrF3N21O6. The zero-order valence-corrected chi connectivity index (χ0v) is 64.6. The number of rotatable bonds is 25. The van der Waals surface area contributed by atoms with E-state index in [-0.39, 0.29) is 62.2 Å². The van der Waals surface area contributed by atoms with Crippen molar-refractivity contribution >= 4 is 51.1 Å². The molecule has 3 aliphatic rings. The summed E-state index contributed by atoms with van der Waals surface area (Å²) >= 11 is 3.46. The lowest BCUT2D eigenvalue weighted by Gasteiger charge is -2.37. The Morgan fingerprint density at radius 1 is 0.468 bits per heavy atom. The van der Waals surface area contributed by atoms with Crippen LogP contribution in [0.3, 0.4) is 0 Å². The van der Waals surface area contributed by atoms with Gasteiger partial charge in [-0.1, -0.05) is 59.3 Å². The maximum absolute atomic E-state index is 13.2. The molecule has 3 saturated heterocycles. The molecule has 3 aliphatic heterocycles. The Hall–Kier alpha value is -9.63. The molecule has 9 aromatic rings. The van der Waals surface area contributed by atoms with Crippen LogP contribution < -0.4 is 31.9 Å². The summed E-state index contributed by atoms with van der Waals surface area (Å²) in [4.78, 5) is 44.2. The van der Waals surface area contributed by atoms with Gasteiger partial charge in [0.15, 0.2) is 17.5 Å². The molecule has 0 saturated carbocycles. The van der Waals surface area contributed by atoms with Gasteiger partial charge in [0.1, 0.15) is 36.1 Å². The molecule has 0 bridgehead atoms. The molecule has 3 fully saturated rings. The van der Waals surface area contributed by atoms with Gasteiger partial charge in [0.05, 0.1) is 0 Å². The number of aliphatic hydroxyl groups excluding tert-OH is 3. The maximum atomic E-state index is 13.2. The first-order valence-electron chi connectivity index (χ1n) is 37.3. The third kappa shape index (κ3) is 25.2. The number of aromatic nitrogens is 12. The number of hydrogen-bond donors (Lipinski definition) is 9. The van der Waals surface area contributed by atoms with E-state index < -0.39 is 18.7 Å². The first kappa shape index (κ1) is 81.9. The number of aliphatic hydroxyl groups is 3. The Bertz CT molecular complexity index is 4250. The third-order valence-corrected chi connectivity index (χ3v) is 20.3. The van der Waals surface area contributed by atoms with Crippen molar-refractivity contribution in [2.24, 2.45) is 38.9 Å². The molecule has 6 aromatic carbocycles. The van der Waals surface area contributed by atoms with E-state index in [9.17, 15) is 42.9 Å². The molecule has 109 heavy (non-hydrogen) atoms. The minimum atomic E-state index is -0.655. The van der Waals surface area contributed by atoms with E-state index in [1.165, 1.54) is 36.4 Å². The molecule has 31 heteroatoms. The fourth-order valence-corrected chi connectivity index (χ4v) is 15.0. The second-order valence-electron chi connectivity index (χ2n) is 29.1. The van der Waals surface area contributed by atoms with Gasteiger partial charge in [-0.15, -0.1) is 15.3 Å². The number of aryl methyl sites for hydroxylation is 5. The van der Waals surface area contributed by atoms with Crippen LogP contribution >= 0.6 is 15.9 Å². The van der Waals surface area contributed by atoms with Crippen LogP contribution in [0.15, 0.2) is 132 Å². The van der Waals surface area contributed by atoms with E-state index in [2.05, 4.69) is 109 Å². The van der Waals surface area contributed by atoms with Crippen molar-refractivity contribution in [1.82, 2.24) is 91.3 Å². The molecule has 0 aliphatic carbocycles. The predicted octanol–water partition coefficient (Wildman–Crippen LogP) is 12.7. The SMILES string of the molecule is CCc1cc(NC(=O)N[C@H](C)C[C@@H](O)N2CCC[C@@H](Cc3ccc(F)cc3)C2)cc(-c2nnnn2C)c1.C[C@H](C[C@@H](O)N1CCC[C@@H](Cc2ccc(F)cc2)C1)NC(=O)Nc1cc(Br)cc(-c2nnnn2C)c1.Cc1cc(NC(=O)N[C@H](C)C[C@@H](O)N2CCC[C@@H](Cc3ccc(F)cc3)C2)cc(-c2nnnn2C)c1.[HH].[HH].[HH].[HH].[HH].[HH]. The number of carbonyl (C=O) groups is 3. The average Bonchev–Trinajstić information content (AvgIpc) is 1.76. The number of benzene rings is 6. The number of tetrazole rings is 3. The Morgan fingerprint density at radius 3 is 1.12 bits per heavy atom. The van der Waals surface area contributed by atoms with E-state index in [1.807, 2.05) is 113 Å². The lowest BCUT2D eigenvalue weighted by atomic mass is 9.91. The first-order valence-corrected chi connectivity index (χ1v) is 38.1. The minimum Gasteiger partial charge on any atom is -0.378 e. The molecule has 594 valence electrons. The highest BCUT2D eigenvalue weighted by Gasteiger charge is 2.30. The van der Waals surface area contributed by atoms with Crippen LogP contribution in [0.5, 0.6) is 0 Å². The highest BCUT2D eigenvalue weighted by atomic mass is 79.9. The number of urea groups is 3. The van der Waals surface area contributed by atoms with E-state index in [4.69, 9.17) is 0 Å². The van der Waals surface area contributed by atoms with Gasteiger partial charge in [0, 0.05) is 145 Å². The average molecular weight is 1580 g/mol. The summed E-state index contributed by atoms with van der Waals surface area (Å²) in [7, 11) is 5.28. The number of likely N-dealkylation sites (tertiary alicyclic amines) is 3. The number of carbonyl (C=O) groups excluding carboxylic acids is 3. The Labute approximate surface area is 651 Å². The lowest BCUT2D eigenvalue weighted by molar-refractivity contribution is -0.0308. The highest BCUT2D eigenvalue weighted by Crippen LogP contribution is 2.31. The van der Waals surface area contributed by atoms with E-state index in [1.54, 1.807) is 47.3 Å². The summed E-state index contributed by atoms with van der Waals surface area (Å²) in [5, 5.41) is 84.7. The molecule has 0 radical (unpaired) electrons. The summed E-state index contributed by atoms with van der Waals surface area (Å²) in [6, 6.07) is 35.1. The number of hydrogen-bond acceptors (Lipinski definition) is 18. The van der Waals surface area contributed by atoms with Crippen LogP contribution in [0, 0.1) is 42.1 Å². The molecule has 12 rings (SSSR count). The van der Waals surface area contributed by atoms with Crippen molar-refractivity contribution in [3.8, 4) is 34.2 Å². The van der Waals surface area contributed by atoms with Gasteiger partial charge in [0.2, 0.25) is 0 Å². The van der Waals surface area contributed by atoms with Crippen LogP contribution in [0.4, 0.5) is 44.6 Å². The Kier molecular flexibility index (Phi) is 29.8. The number of piperidine rings is 3. The van der Waals surface area contributed by atoms with Crippen molar-refractivity contribution in [3.63, 3.8) is 0 Å². The van der Waals surface area contributed by atoms with Crippen LogP contribution in [-0.4, -0.2) is 185 Å². The maximum Gasteiger partial charge on any atom is 0.319 e. The second-order valence-corrected chi connectivity index (χ2v) is 30.0. The first-order chi connectivity index (χ1) is 52.3. The fraction of sp³-hybridized carbons (Fsp3) is 0.462. The van der Waals surface area contributed by atoms with Crippen molar-refractivity contribution < 1.29 is 51.4 Å². The zero-order chi connectivity index (χ0) is 77.7. The number of amides is 6. The molecule has 6 heterocycles. The monoisotopic (exact) mass is 1580 g/mol. The summed E-state index contributed by atoms with van der Waals surface area (Å²) in [6.07, 6.45) is 8.93. The summed E-state index contributed by atoms with van der Waals surface area (Å²) in [5.41, 5.74) is 9.62. The quantitative estimate of drug-likeness (QED) is 0.0257. The second kappa shape index (κ2) is 39.6. The van der Waals surface area contributed by atoms with E-state index in [0.717, 1.165) is 152 Å². The standard InChI is InChI=1S/C27H36FN7O2.C26H34FN7O2.C25H31BrFN7O2.6H2/c1-4-19-14-22(26-31-32-33-34(26)3)16-24(15-19)30-27(37)29-18(2)12-25(36)35-11-5-6-21(17-35)13-20-7-9-23(28)10-8-20;1-17-11-21(25-30-31-32-33(25)3)15-23(12-17)29-26(36)28-18(2)13-24(35)34-10-4-5-20(16-34)14-19-6-8-22(27)9-7-19;1-16(10-23(35)34-9-3-4-18(15-34)11-17-5-7-21(27)8-6-17)28-25(36)29-22-13-19(12-20(26)14-22)24-30-31-32-33(24)2;;;;;;/h7-10,14-16,18,21,25,36H,4-6,11-13,17H2,1-3H3,(H2,29,30,37);6-9,11-12,15,18,20,24,35H,4-5,10,13-14,16H2,1-3H3,(H2,28,29,36);5-8,12-14,16,18,23,35H,3-4,9-11,15H2,1-2H3,(H2,28,29,36);6*1H/t18-,21+,25-;18-,20+,24-;16-,18+,23-;;;;;;/m111....../s1. The van der Waals surface area contributed by atoms with E-state index >= 15 is 0 Å². The number of anilines is 3. The van der Waals surface area contributed by atoms with Crippen molar-refractivity contribution in [2.45, 2.75) is 155 Å². The largest absolute Gasteiger partial charge is 0.378 e. The van der Waals surface area contributed by atoms with Gasteiger partial charge >= 0.3 is 18.1 Å². The van der Waals surface area contributed by atoms with Crippen molar-refractivity contribution in [2.75, 3.05) is 55.2 Å². The minimum absolute atomic E-state index is 0. The van der Waals surface area contributed by atoms with Crippen LogP contribution in [0.1, 0.15) is 122 Å².